The van der Waals surface area contributed by atoms with E-state index in [1.807, 2.05) is 26.8 Å². The van der Waals surface area contributed by atoms with E-state index in [0.717, 1.165) is 4.47 Å². The standard InChI is InChI=1S/C13H19BrFN3/c1-13(2,3)18-12(16-4)17-8-9-5-6-10(14)7-11(9)15/h5-7H,8H2,1-4H3,(H2,16,17,18). The van der Waals surface area contributed by atoms with Gasteiger partial charge in [0.15, 0.2) is 5.96 Å². The van der Waals surface area contributed by atoms with Gasteiger partial charge in [-0.3, -0.25) is 4.99 Å². The molecule has 0 aromatic heterocycles. The summed E-state index contributed by atoms with van der Waals surface area (Å²) in [7, 11) is 1.69. The van der Waals surface area contributed by atoms with Gasteiger partial charge in [-0.25, -0.2) is 4.39 Å². The predicted octanol–water partition coefficient (Wildman–Crippen LogP) is 3.05. The van der Waals surface area contributed by atoms with Gasteiger partial charge in [-0.1, -0.05) is 22.0 Å². The molecule has 3 nitrogen and oxygen atoms in total. The van der Waals surface area contributed by atoms with Gasteiger partial charge >= 0.3 is 0 Å². The molecule has 5 heteroatoms. The molecule has 18 heavy (non-hydrogen) atoms. The lowest BCUT2D eigenvalue weighted by molar-refractivity contribution is 0.500. The first kappa shape index (κ1) is 15.0. The molecule has 0 aliphatic rings. The largest absolute Gasteiger partial charge is 0.352 e. The quantitative estimate of drug-likeness (QED) is 0.650. The fourth-order valence-corrected chi connectivity index (χ4v) is 1.71. The number of nitrogens with one attached hydrogen (secondary N) is 2. The van der Waals surface area contributed by atoms with Gasteiger partial charge in [-0.05, 0) is 32.9 Å². The monoisotopic (exact) mass is 315 g/mol. The number of hydrogen-bond acceptors (Lipinski definition) is 1. The molecule has 0 saturated carbocycles. The van der Waals surface area contributed by atoms with E-state index in [4.69, 9.17) is 0 Å². The molecular weight excluding hydrogens is 297 g/mol. The second-order valence-electron chi connectivity index (χ2n) is 5.04. The molecule has 0 heterocycles. The molecule has 1 aromatic rings. The zero-order chi connectivity index (χ0) is 13.8. The molecule has 0 radical (unpaired) electrons. The van der Waals surface area contributed by atoms with Gasteiger partial charge in [0.1, 0.15) is 5.82 Å². The topological polar surface area (TPSA) is 36.4 Å². The summed E-state index contributed by atoms with van der Waals surface area (Å²) in [5.74, 6) is 0.424. The van der Waals surface area contributed by atoms with Crippen molar-refractivity contribution in [2.45, 2.75) is 32.9 Å². The summed E-state index contributed by atoms with van der Waals surface area (Å²) in [5, 5.41) is 6.30. The highest BCUT2D eigenvalue weighted by Crippen LogP contribution is 2.15. The minimum atomic E-state index is -0.233. The van der Waals surface area contributed by atoms with Gasteiger partial charge in [-0.15, -0.1) is 0 Å². The van der Waals surface area contributed by atoms with Crippen LogP contribution in [0.25, 0.3) is 0 Å². The van der Waals surface area contributed by atoms with Crippen LogP contribution in [0.2, 0.25) is 0 Å². The van der Waals surface area contributed by atoms with Crippen LogP contribution < -0.4 is 10.6 Å². The maximum absolute atomic E-state index is 13.6. The highest BCUT2D eigenvalue weighted by Gasteiger charge is 2.12. The summed E-state index contributed by atoms with van der Waals surface area (Å²) in [6.45, 7) is 6.52. The maximum atomic E-state index is 13.6. The van der Waals surface area contributed by atoms with Gasteiger partial charge in [0, 0.05) is 29.2 Å². The Labute approximate surface area is 116 Å². The van der Waals surface area contributed by atoms with Crippen molar-refractivity contribution in [2.75, 3.05) is 7.05 Å². The van der Waals surface area contributed by atoms with Gasteiger partial charge in [-0.2, -0.15) is 0 Å². The Morgan fingerprint density at radius 3 is 2.56 bits per heavy atom. The Morgan fingerprint density at radius 1 is 1.39 bits per heavy atom. The van der Waals surface area contributed by atoms with E-state index in [2.05, 4.69) is 31.6 Å². The lowest BCUT2D eigenvalue weighted by Gasteiger charge is -2.23. The highest BCUT2D eigenvalue weighted by molar-refractivity contribution is 9.10. The lowest BCUT2D eigenvalue weighted by Crippen LogP contribution is -2.47. The molecular formula is C13H19BrFN3. The molecule has 0 amide bonds. The summed E-state index contributed by atoms with van der Waals surface area (Å²) in [6, 6.07) is 5.02. The Bertz CT molecular complexity index is 438. The van der Waals surface area contributed by atoms with Gasteiger partial charge in [0.2, 0.25) is 0 Å². The summed E-state index contributed by atoms with van der Waals surface area (Å²) < 4.78 is 14.3. The number of guanidine groups is 1. The molecule has 0 aliphatic carbocycles. The van der Waals surface area contributed by atoms with E-state index in [1.165, 1.54) is 6.07 Å². The van der Waals surface area contributed by atoms with Crippen LogP contribution in [0.15, 0.2) is 27.7 Å². The van der Waals surface area contributed by atoms with Crippen molar-refractivity contribution in [3.63, 3.8) is 0 Å². The van der Waals surface area contributed by atoms with Crippen molar-refractivity contribution in [1.82, 2.24) is 10.6 Å². The first-order chi connectivity index (χ1) is 8.31. The predicted molar refractivity (Wildman–Crippen MR) is 77.2 cm³/mol. The molecule has 1 rings (SSSR count). The maximum Gasteiger partial charge on any atom is 0.191 e. The van der Waals surface area contributed by atoms with Gasteiger partial charge in [0.25, 0.3) is 0 Å². The second kappa shape index (κ2) is 6.18. The smallest absolute Gasteiger partial charge is 0.191 e. The minimum Gasteiger partial charge on any atom is -0.352 e. The van der Waals surface area contributed by atoms with Crippen molar-refractivity contribution in [3.8, 4) is 0 Å². The number of hydrogen-bond donors (Lipinski definition) is 2. The number of benzene rings is 1. The third-order valence-electron chi connectivity index (χ3n) is 2.18. The van der Waals surface area contributed by atoms with Crippen molar-refractivity contribution >= 4 is 21.9 Å². The minimum absolute atomic E-state index is 0.0832. The lowest BCUT2D eigenvalue weighted by atomic mass is 10.1. The van der Waals surface area contributed by atoms with E-state index in [1.54, 1.807) is 13.1 Å². The molecule has 100 valence electrons. The molecule has 0 aliphatic heterocycles. The average Bonchev–Trinajstić information content (AvgIpc) is 2.24. The zero-order valence-electron chi connectivity index (χ0n) is 11.1. The fourth-order valence-electron chi connectivity index (χ4n) is 1.38. The first-order valence-electron chi connectivity index (χ1n) is 5.74. The van der Waals surface area contributed by atoms with Crippen LogP contribution in [0.4, 0.5) is 4.39 Å². The highest BCUT2D eigenvalue weighted by atomic mass is 79.9. The fraction of sp³-hybridized carbons (Fsp3) is 0.462. The Hall–Kier alpha value is -1.10. The van der Waals surface area contributed by atoms with Gasteiger partial charge < -0.3 is 10.6 Å². The van der Waals surface area contributed by atoms with Gasteiger partial charge in [0.05, 0.1) is 0 Å². The molecule has 0 fully saturated rings. The number of aliphatic imine (C=N–C) groups is 1. The van der Waals surface area contributed by atoms with Crippen LogP contribution in [0.5, 0.6) is 0 Å². The first-order valence-corrected chi connectivity index (χ1v) is 6.54. The number of nitrogens with zero attached hydrogens (tertiary/aromatic N) is 1. The van der Waals surface area contributed by atoms with Crippen molar-refractivity contribution in [2.24, 2.45) is 4.99 Å². The summed E-state index contributed by atoms with van der Waals surface area (Å²) in [6.07, 6.45) is 0. The Kier molecular flexibility index (Phi) is 5.14. The van der Waals surface area contributed by atoms with Crippen LogP contribution in [0.1, 0.15) is 26.3 Å². The van der Waals surface area contributed by atoms with E-state index in [9.17, 15) is 4.39 Å². The van der Waals surface area contributed by atoms with Crippen LogP contribution in [0.3, 0.4) is 0 Å². The normalized spacial score (nSPS) is 12.4. The SMILES string of the molecule is CN=C(NCc1ccc(Br)cc1F)NC(C)(C)C. The van der Waals surface area contributed by atoms with E-state index >= 15 is 0 Å². The summed E-state index contributed by atoms with van der Waals surface area (Å²) >= 11 is 3.23. The van der Waals surface area contributed by atoms with Crippen LogP contribution in [0, 0.1) is 5.82 Å². The zero-order valence-corrected chi connectivity index (χ0v) is 12.7. The number of rotatable bonds is 2. The molecule has 0 bridgehead atoms. The van der Waals surface area contributed by atoms with Crippen LogP contribution in [-0.2, 0) is 6.54 Å². The van der Waals surface area contributed by atoms with Crippen molar-refractivity contribution < 1.29 is 4.39 Å². The van der Waals surface area contributed by atoms with Crippen LogP contribution >= 0.6 is 15.9 Å². The van der Waals surface area contributed by atoms with E-state index in [0.29, 0.717) is 18.1 Å². The third-order valence-corrected chi connectivity index (χ3v) is 2.67. The Balaban J connectivity index is 2.64. The van der Waals surface area contributed by atoms with Crippen molar-refractivity contribution in [1.29, 1.82) is 0 Å². The van der Waals surface area contributed by atoms with Crippen LogP contribution in [-0.4, -0.2) is 18.5 Å². The van der Waals surface area contributed by atoms with Crippen molar-refractivity contribution in [3.05, 3.63) is 34.1 Å². The summed E-state index contributed by atoms with van der Waals surface area (Å²) in [5.41, 5.74) is 0.523. The molecule has 1 aromatic carbocycles. The van der Waals surface area contributed by atoms with E-state index in [-0.39, 0.29) is 11.4 Å². The molecule has 2 N–H and O–H groups in total. The number of halogens is 2. The third kappa shape index (κ3) is 5.04. The molecule has 0 unspecified atom stereocenters. The Morgan fingerprint density at radius 2 is 2.06 bits per heavy atom. The second-order valence-corrected chi connectivity index (χ2v) is 5.95. The molecule has 0 spiro atoms. The molecule has 0 atom stereocenters. The molecule has 0 saturated heterocycles. The van der Waals surface area contributed by atoms with E-state index < -0.39 is 0 Å². The summed E-state index contributed by atoms with van der Waals surface area (Å²) in [4.78, 5) is 4.10. The average molecular weight is 316 g/mol.